The molecule has 0 aliphatic carbocycles. The number of anilines is 1. The zero-order valence-electron chi connectivity index (χ0n) is 20.8. The van der Waals surface area contributed by atoms with Gasteiger partial charge in [0, 0.05) is 33.0 Å². The largest absolute Gasteiger partial charge is 1.00 e. The van der Waals surface area contributed by atoms with Gasteiger partial charge in [-0.25, -0.2) is 9.37 Å². The van der Waals surface area contributed by atoms with E-state index in [9.17, 15) is 28.7 Å². The number of fused-ring (bicyclic) bond motifs is 2. The Balaban J connectivity index is 0.00000370. The number of hydrogen-bond donors (Lipinski definition) is 2. The fourth-order valence-electron chi connectivity index (χ4n) is 4.02. The van der Waals surface area contributed by atoms with Gasteiger partial charge in [-0.15, -0.1) is 46.2 Å². The van der Waals surface area contributed by atoms with Gasteiger partial charge in [0.1, 0.15) is 30.0 Å². The number of halogens is 1. The van der Waals surface area contributed by atoms with Gasteiger partial charge in [-0.3, -0.25) is 19.3 Å². The van der Waals surface area contributed by atoms with Crippen molar-refractivity contribution in [3.63, 3.8) is 0 Å². The van der Waals surface area contributed by atoms with Crippen molar-refractivity contribution in [3.8, 4) is 0 Å². The number of carboxylic acids is 1. The number of carbonyl (C=O) groups excluding carboxylic acids is 3. The molecule has 2 amide bonds. The maximum Gasteiger partial charge on any atom is 1.00 e. The molecule has 3 N–H and O–H groups in total. The molecule has 17 heteroatoms. The summed E-state index contributed by atoms with van der Waals surface area (Å²) in [6.45, 7) is 0. The third kappa shape index (κ3) is 5.93. The molecule has 11 nitrogen and oxygen atoms in total. The molecule has 2 atom stereocenters. The summed E-state index contributed by atoms with van der Waals surface area (Å²) in [7, 11) is 1.25. The number of nitrogens with zero attached hydrogens (tertiary/aromatic N) is 3. The molecular formula is C23H17FN5NaO6S4. The average molecular weight is 630 g/mol. The summed E-state index contributed by atoms with van der Waals surface area (Å²) in [6.07, 6.45) is 0. The zero-order chi connectivity index (χ0) is 27.8. The van der Waals surface area contributed by atoms with Gasteiger partial charge >= 0.3 is 29.6 Å². The number of nitrogen functional groups attached to an aromatic ring is 1. The molecular weight excluding hydrogens is 613 g/mol. The Morgan fingerprint density at radius 2 is 2.12 bits per heavy atom. The summed E-state index contributed by atoms with van der Waals surface area (Å²) >= 11 is 4.80. The second-order valence-electron chi connectivity index (χ2n) is 8.15. The second kappa shape index (κ2) is 12.6. The Kier molecular flexibility index (Phi) is 9.59. The van der Waals surface area contributed by atoms with E-state index in [2.05, 4.69) is 15.5 Å². The van der Waals surface area contributed by atoms with E-state index in [1.807, 2.05) is 0 Å². The van der Waals surface area contributed by atoms with E-state index in [0.29, 0.717) is 19.9 Å². The van der Waals surface area contributed by atoms with Crippen LogP contribution in [0.2, 0.25) is 0 Å². The number of carbonyl (C=O) groups is 3. The normalized spacial score (nSPS) is 18.6. The van der Waals surface area contributed by atoms with Gasteiger partial charge in [-0.1, -0.05) is 5.16 Å². The van der Waals surface area contributed by atoms with Crippen molar-refractivity contribution < 1.29 is 58.3 Å². The number of thioether (sulfide) groups is 2. The monoisotopic (exact) mass is 629 g/mol. The Morgan fingerprint density at radius 1 is 1.35 bits per heavy atom. The molecule has 3 aromatic rings. The number of oxime groups is 1. The van der Waals surface area contributed by atoms with Gasteiger partial charge in [0.15, 0.2) is 16.3 Å². The van der Waals surface area contributed by atoms with Crippen LogP contribution >= 0.6 is 46.2 Å². The molecule has 0 bridgehead atoms. The molecule has 40 heavy (non-hydrogen) atoms. The molecule has 2 aromatic heterocycles. The van der Waals surface area contributed by atoms with Crippen LogP contribution in [0.5, 0.6) is 0 Å². The van der Waals surface area contributed by atoms with Gasteiger partial charge in [0.05, 0.1) is 15.9 Å². The van der Waals surface area contributed by atoms with Crippen LogP contribution in [0.3, 0.4) is 0 Å². The Bertz CT molecular complexity index is 1640. The maximum atomic E-state index is 13.7. The van der Waals surface area contributed by atoms with Crippen LogP contribution in [0, 0.1) is 5.82 Å². The number of rotatable bonds is 8. The summed E-state index contributed by atoms with van der Waals surface area (Å²) in [5.41, 5.74) is 5.52. The van der Waals surface area contributed by atoms with Gasteiger partial charge < -0.3 is 25.8 Å². The third-order valence-electron chi connectivity index (χ3n) is 5.75. The Labute approximate surface area is 264 Å². The molecule has 1 fully saturated rings. The van der Waals surface area contributed by atoms with E-state index in [0.717, 1.165) is 16.2 Å². The fraction of sp³-hybridized carbons (Fsp3) is 0.217. The summed E-state index contributed by atoms with van der Waals surface area (Å²) in [5.74, 6) is -2.94. The zero-order valence-corrected chi connectivity index (χ0v) is 26.1. The molecule has 0 spiro atoms. The predicted molar refractivity (Wildman–Crippen MR) is 146 cm³/mol. The molecule has 4 heterocycles. The van der Waals surface area contributed by atoms with Gasteiger partial charge in [-0.2, -0.15) is 0 Å². The molecule has 5 rings (SSSR count). The molecule has 0 saturated carbocycles. The van der Waals surface area contributed by atoms with Crippen molar-refractivity contribution >= 4 is 84.9 Å². The van der Waals surface area contributed by atoms with Crippen molar-refractivity contribution in [2.24, 2.45) is 5.16 Å². The van der Waals surface area contributed by atoms with Crippen LogP contribution in [0.15, 0.2) is 55.1 Å². The van der Waals surface area contributed by atoms with Crippen molar-refractivity contribution in [2.75, 3.05) is 24.3 Å². The second-order valence-corrected chi connectivity index (χ2v) is 12.5. The number of aliphatic carboxylic acids is 1. The number of hydrogen-bond acceptors (Lipinski definition) is 13. The van der Waals surface area contributed by atoms with E-state index in [-0.39, 0.29) is 68.7 Å². The van der Waals surface area contributed by atoms with Crippen molar-refractivity contribution in [1.82, 2.24) is 15.2 Å². The number of nitrogens with one attached hydrogen (secondary N) is 1. The minimum absolute atomic E-state index is 0. The minimum atomic E-state index is -1.53. The molecule has 2 unspecified atom stereocenters. The number of nitrogens with two attached hydrogens (primary N) is 1. The first-order valence-electron chi connectivity index (χ1n) is 11.1. The summed E-state index contributed by atoms with van der Waals surface area (Å²) < 4.78 is 14.7. The first-order valence-corrected chi connectivity index (χ1v) is 14.8. The molecule has 1 saturated heterocycles. The topological polar surface area (TPSA) is 167 Å². The number of carboxylic acid groups (broad SMARTS) is 1. The van der Waals surface area contributed by atoms with E-state index in [4.69, 9.17) is 10.6 Å². The van der Waals surface area contributed by atoms with Crippen LogP contribution in [0.4, 0.5) is 9.52 Å². The van der Waals surface area contributed by atoms with Crippen molar-refractivity contribution in [2.45, 2.75) is 15.6 Å². The van der Waals surface area contributed by atoms with Crippen LogP contribution in [0.1, 0.15) is 5.69 Å². The first-order chi connectivity index (χ1) is 18.7. The van der Waals surface area contributed by atoms with E-state index in [1.54, 1.807) is 0 Å². The fourth-order valence-corrected chi connectivity index (χ4v) is 8.30. The van der Waals surface area contributed by atoms with E-state index >= 15 is 0 Å². The number of amides is 2. The number of thiazole rings is 1. The smallest absolute Gasteiger partial charge is 0.543 e. The van der Waals surface area contributed by atoms with Crippen molar-refractivity contribution in [3.05, 3.63) is 62.7 Å². The van der Waals surface area contributed by atoms with Crippen LogP contribution in [-0.4, -0.2) is 63.4 Å². The Morgan fingerprint density at radius 3 is 2.80 bits per heavy atom. The van der Waals surface area contributed by atoms with Crippen molar-refractivity contribution in [1.29, 1.82) is 0 Å². The maximum absolute atomic E-state index is 13.7. The minimum Gasteiger partial charge on any atom is -0.543 e. The molecule has 1 aromatic carbocycles. The average Bonchev–Trinajstić information content (AvgIpc) is 3.33. The van der Waals surface area contributed by atoms with Gasteiger partial charge in [-0.05, 0) is 23.8 Å². The first kappa shape index (κ1) is 30.5. The molecule has 2 aliphatic heterocycles. The molecule has 0 radical (unpaired) electrons. The van der Waals surface area contributed by atoms with Crippen LogP contribution in [0.25, 0.3) is 10.1 Å². The summed E-state index contributed by atoms with van der Waals surface area (Å²) in [5, 5.41) is 19.8. The van der Waals surface area contributed by atoms with Gasteiger partial charge in [0.2, 0.25) is 0 Å². The SMILES string of the molecule is CO/N=C(\C(=O)NC1C(=O)N2C(C(=O)[O-])=C(CSc3cc(=O)c4ccc(F)cc4s3)CSC12)c1csc(N)n1.[Na+]. The van der Waals surface area contributed by atoms with E-state index in [1.165, 1.54) is 71.6 Å². The molecule has 202 valence electrons. The summed E-state index contributed by atoms with van der Waals surface area (Å²) in [4.78, 5) is 60.2. The predicted octanol–water partition coefficient (Wildman–Crippen LogP) is -2.01. The third-order valence-corrected chi connectivity index (χ3v) is 10.1. The quantitative estimate of drug-likeness (QED) is 0.0935. The van der Waals surface area contributed by atoms with E-state index < -0.39 is 35.0 Å². The molecule has 2 aliphatic rings. The van der Waals surface area contributed by atoms with Crippen LogP contribution in [-0.2, 0) is 19.2 Å². The number of aromatic nitrogens is 1. The number of β-lactam (4-membered cyclic amide) rings is 1. The standard InChI is InChI=1S/C23H18FN5O6S4.Na/c1-35-28-16(12-8-38-23(25)26-12)19(31)27-17-20(32)29-18(22(33)34)9(7-37-21(17)29)6-36-15-5-13(30)11-3-2-10(24)4-14(11)39-15;/h2-5,8,17,21H,6-7H2,1H3,(H2,25,26)(H,27,31)(H,33,34);/q;+1/p-1/b28-16-;. The number of benzene rings is 1. The Hall–Kier alpha value is -2.47. The van der Waals surface area contributed by atoms with Crippen LogP contribution < -0.4 is 51.1 Å². The summed E-state index contributed by atoms with van der Waals surface area (Å²) in [6, 6.07) is 4.33. The van der Waals surface area contributed by atoms with Gasteiger partial charge in [0.25, 0.3) is 11.8 Å².